The molecule has 0 radical (unpaired) electrons. The van der Waals surface area contributed by atoms with Gasteiger partial charge in [0.05, 0.1) is 18.1 Å². The summed E-state index contributed by atoms with van der Waals surface area (Å²) in [5.41, 5.74) is 0.886. The van der Waals surface area contributed by atoms with Crippen molar-refractivity contribution in [2.45, 2.75) is 25.5 Å². The highest BCUT2D eigenvalue weighted by Gasteiger charge is 2.16. The Kier molecular flexibility index (Phi) is 4.68. The molecule has 1 N–H and O–H groups in total. The molecule has 0 spiro atoms. The van der Waals surface area contributed by atoms with E-state index in [1.807, 2.05) is 6.07 Å². The van der Waals surface area contributed by atoms with Crippen molar-refractivity contribution in [3.63, 3.8) is 0 Å². The fourth-order valence-corrected chi connectivity index (χ4v) is 2.55. The molecular weight excluding hydrogens is 300 g/mol. The summed E-state index contributed by atoms with van der Waals surface area (Å²) < 4.78 is 6.11. The molecule has 1 saturated heterocycles. The van der Waals surface area contributed by atoms with E-state index in [4.69, 9.17) is 4.74 Å². The van der Waals surface area contributed by atoms with E-state index in [1.165, 1.54) is 12.5 Å². The maximum absolute atomic E-state index is 10.8. The first-order chi connectivity index (χ1) is 8.68. The molecule has 98 valence electrons. The summed E-state index contributed by atoms with van der Waals surface area (Å²) in [5.74, 6) is 0. The monoisotopic (exact) mass is 314 g/mol. The first-order valence-electron chi connectivity index (χ1n) is 5.91. The van der Waals surface area contributed by atoms with Crippen LogP contribution in [0.15, 0.2) is 22.7 Å². The Hall–Kier alpha value is -0.980. The molecule has 1 heterocycles. The first-order valence-corrected chi connectivity index (χ1v) is 6.70. The maximum Gasteiger partial charge on any atom is 0.283 e. The third-order valence-corrected chi connectivity index (χ3v) is 3.91. The molecule has 1 atom stereocenters. The van der Waals surface area contributed by atoms with Crippen LogP contribution in [-0.4, -0.2) is 24.1 Å². The number of hydrogen-bond donors (Lipinski definition) is 1. The van der Waals surface area contributed by atoms with Gasteiger partial charge >= 0.3 is 0 Å². The molecule has 18 heavy (non-hydrogen) atoms. The molecule has 1 fully saturated rings. The molecule has 0 bridgehead atoms. The van der Waals surface area contributed by atoms with Gasteiger partial charge < -0.3 is 10.1 Å². The molecule has 5 nitrogen and oxygen atoms in total. The van der Waals surface area contributed by atoms with Gasteiger partial charge in [-0.05, 0) is 40.9 Å². The molecular formula is C12H15BrN2O3. The second kappa shape index (κ2) is 6.26. The molecule has 0 amide bonds. The van der Waals surface area contributed by atoms with E-state index in [1.54, 1.807) is 6.07 Å². The van der Waals surface area contributed by atoms with E-state index in [0.717, 1.165) is 18.5 Å². The van der Waals surface area contributed by atoms with Gasteiger partial charge in [-0.25, -0.2) is 0 Å². The van der Waals surface area contributed by atoms with E-state index >= 15 is 0 Å². The topological polar surface area (TPSA) is 64.4 Å². The van der Waals surface area contributed by atoms with Gasteiger partial charge in [-0.3, -0.25) is 10.1 Å². The molecule has 0 aliphatic carbocycles. The standard InChI is InChI=1S/C12H15BrN2O3/c13-12-9(3-1-5-11(12)15(16)17)7-18-8-10-4-2-6-14-10/h1,3,5,10,14H,2,4,6-8H2. The largest absolute Gasteiger partial charge is 0.375 e. The molecule has 1 aromatic carbocycles. The lowest BCUT2D eigenvalue weighted by Crippen LogP contribution is -2.26. The van der Waals surface area contributed by atoms with Gasteiger partial charge in [-0.2, -0.15) is 0 Å². The average molecular weight is 315 g/mol. The average Bonchev–Trinajstić information content (AvgIpc) is 2.84. The lowest BCUT2D eigenvalue weighted by atomic mass is 10.2. The number of halogens is 1. The minimum atomic E-state index is -0.397. The quantitative estimate of drug-likeness (QED) is 0.670. The van der Waals surface area contributed by atoms with Crippen molar-refractivity contribution in [2.75, 3.05) is 13.2 Å². The van der Waals surface area contributed by atoms with Crippen molar-refractivity contribution in [1.82, 2.24) is 5.32 Å². The second-order valence-corrected chi connectivity index (χ2v) is 5.11. The summed E-state index contributed by atoms with van der Waals surface area (Å²) in [4.78, 5) is 10.4. The van der Waals surface area contributed by atoms with Crippen LogP contribution in [-0.2, 0) is 11.3 Å². The predicted molar refractivity (Wildman–Crippen MR) is 71.5 cm³/mol. The normalized spacial score (nSPS) is 19.1. The van der Waals surface area contributed by atoms with Crippen LogP contribution in [0.25, 0.3) is 0 Å². The third-order valence-electron chi connectivity index (χ3n) is 2.99. The number of nitrogens with zero attached hydrogens (tertiary/aromatic N) is 1. The zero-order valence-corrected chi connectivity index (χ0v) is 11.5. The highest BCUT2D eigenvalue weighted by Crippen LogP contribution is 2.28. The summed E-state index contributed by atoms with van der Waals surface area (Å²) in [6.45, 7) is 2.09. The Morgan fingerprint density at radius 3 is 3.06 bits per heavy atom. The number of rotatable bonds is 5. The molecule has 2 rings (SSSR count). The Bertz CT molecular complexity index is 433. The molecule has 1 unspecified atom stereocenters. The highest BCUT2D eigenvalue weighted by molar-refractivity contribution is 9.10. The van der Waals surface area contributed by atoms with Gasteiger partial charge in [0.15, 0.2) is 0 Å². The van der Waals surface area contributed by atoms with E-state index in [0.29, 0.717) is 23.7 Å². The van der Waals surface area contributed by atoms with Crippen molar-refractivity contribution < 1.29 is 9.66 Å². The third kappa shape index (κ3) is 3.28. The van der Waals surface area contributed by atoms with E-state index in [-0.39, 0.29) is 5.69 Å². The first kappa shape index (κ1) is 13.5. The van der Waals surface area contributed by atoms with Crippen LogP contribution in [0.3, 0.4) is 0 Å². The predicted octanol–water partition coefficient (Wildman–Crippen LogP) is 2.63. The Labute approximate surface area is 114 Å². The minimum Gasteiger partial charge on any atom is -0.375 e. The van der Waals surface area contributed by atoms with E-state index < -0.39 is 4.92 Å². The van der Waals surface area contributed by atoms with Crippen LogP contribution in [0.2, 0.25) is 0 Å². The highest BCUT2D eigenvalue weighted by atomic mass is 79.9. The van der Waals surface area contributed by atoms with Crippen LogP contribution < -0.4 is 5.32 Å². The number of benzene rings is 1. The lowest BCUT2D eigenvalue weighted by Gasteiger charge is -2.11. The smallest absolute Gasteiger partial charge is 0.283 e. The van der Waals surface area contributed by atoms with Gasteiger partial charge in [0.25, 0.3) is 5.69 Å². The zero-order chi connectivity index (χ0) is 13.0. The summed E-state index contributed by atoms with van der Waals surface area (Å²) in [5, 5.41) is 14.1. The molecule has 1 aromatic rings. The zero-order valence-electron chi connectivity index (χ0n) is 9.89. The Morgan fingerprint density at radius 2 is 2.39 bits per heavy atom. The molecule has 6 heteroatoms. The van der Waals surface area contributed by atoms with Gasteiger partial charge in [0, 0.05) is 12.1 Å². The Balaban J connectivity index is 1.92. The van der Waals surface area contributed by atoms with Crippen LogP contribution in [0.5, 0.6) is 0 Å². The van der Waals surface area contributed by atoms with Crippen molar-refractivity contribution >= 4 is 21.6 Å². The number of ether oxygens (including phenoxy) is 1. The van der Waals surface area contributed by atoms with Crippen LogP contribution >= 0.6 is 15.9 Å². The molecule has 1 aliphatic rings. The summed E-state index contributed by atoms with van der Waals surface area (Å²) in [6, 6.07) is 5.41. The number of nitro benzene ring substituents is 1. The van der Waals surface area contributed by atoms with Gasteiger partial charge in [0.2, 0.25) is 0 Å². The minimum absolute atomic E-state index is 0.0788. The molecule has 1 aliphatic heterocycles. The Morgan fingerprint density at radius 1 is 1.56 bits per heavy atom. The van der Waals surface area contributed by atoms with Gasteiger partial charge in [0.1, 0.15) is 4.47 Å². The fourth-order valence-electron chi connectivity index (χ4n) is 2.03. The van der Waals surface area contributed by atoms with Crippen LogP contribution in [0.4, 0.5) is 5.69 Å². The maximum atomic E-state index is 10.8. The van der Waals surface area contributed by atoms with E-state index in [9.17, 15) is 10.1 Å². The van der Waals surface area contributed by atoms with E-state index in [2.05, 4.69) is 21.2 Å². The fraction of sp³-hybridized carbons (Fsp3) is 0.500. The van der Waals surface area contributed by atoms with Crippen molar-refractivity contribution in [2.24, 2.45) is 0 Å². The number of hydrogen-bond acceptors (Lipinski definition) is 4. The summed E-state index contributed by atoms with van der Waals surface area (Å²) in [7, 11) is 0. The summed E-state index contributed by atoms with van der Waals surface area (Å²) in [6.07, 6.45) is 2.32. The van der Waals surface area contributed by atoms with Crippen molar-refractivity contribution in [3.8, 4) is 0 Å². The molecule has 0 saturated carbocycles. The van der Waals surface area contributed by atoms with Gasteiger partial charge in [-0.1, -0.05) is 12.1 Å². The molecule has 0 aromatic heterocycles. The van der Waals surface area contributed by atoms with Crippen LogP contribution in [0, 0.1) is 10.1 Å². The van der Waals surface area contributed by atoms with Crippen molar-refractivity contribution in [1.29, 1.82) is 0 Å². The lowest BCUT2D eigenvalue weighted by molar-refractivity contribution is -0.385. The number of nitrogens with one attached hydrogen (secondary N) is 1. The summed E-state index contributed by atoms with van der Waals surface area (Å²) >= 11 is 3.26. The van der Waals surface area contributed by atoms with Crippen LogP contribution in [0.1, 0.15) is 18.4 Å². The second-order valence-electron chi connectivity index (χ2n) is 4.32. The SMILES string of the molecule is O=[N+]([O-])c1cccc(COCC2CCCN2)c1Br. The van der Waals surface area contributed by atoms with Crippen molar-refractivity contribution in [3.05, 3.63) is 38.3 Å². The van der Waals surface area contributed by atoms with Gasteiger partial charge in [-0.15, -0.1) is 0 Å². The number of nitro groups is 1.